The molecule has 2 N–H and O–H groups in total. The molecule has 124 valence electrons. The van der Waals surface area contributed by atoms with E-state index in [9.17, 15) is 14.7 Å². The monoisotopic (exact) mass is 359 g/mol. The predicted octanol–water partition coefficient (Wildman–Crippen LogP) is 3.07. The van der Waals surface area contributed by atoms with Gasteiger partial charge in [0.25, 0.3) is 0 Å². The Morgan fingerprint density at radius 3 is 2.46 bits per heavy atom. The minimum atomic E-state index is -1.01. The summed E-state index contributed by atoms with van der Waals surface area (Å²) in [5.74, 6) is -0.586. The number of hydrogen-bond donors (Lipinski definition) is 2. The molecule has 2 aromatic rings. The lowest BCUT2D eigenvalue weighted by Crippen LogP contribution is -2.46. The molecule has 0 fully saturated rings. The molecule has 0 aliphatic carbocycles. The summed E-state index contributed by atoms with van der Waals surface area (Å²) in [7, 11) is 0. The standard InChI is InChI=1S/C18H17NO3S2/c20-17(16-11-23-14-8-4-5-9-15(14)24-16)19-13(18(21)22)10-12-6-2-1-3-7-12/h1-9,13,16H,10-11H2,(H,19,20)(H,21,22)/t13-,16?/m0/s1. The Morgan fingerprint density at radius 2 is 1.75 bits per heavy atom. The van der Waals surface area contributed by atoms with E-state index in [-0.39, 0.29) is 17.6 Å². The van der Waals surface area contributed by atoms with Crippen molar-refractivity contribution in [1.82, 2.24) is 5.32 Å². The fourth-order valence-corrected chi connectivity index (χ4v) is 4.95. The molecule has 0 aromatic heterocycles. The topological polar surface area (TPSA) is 66.4 Å². The van der Waals surface area contributed by atoms with Gasteiger partial charge >= 0.3 is 5.97 Å². The highest BCUT2D eigenvalue weighted by Crippen LogP contribution is 2.40. The number of nitrogens with one attached hydrogen (secondary N) is 1. The summed E-state index contributed by atoms with van der Waals surface area (Å²) in [6.45, 7) is 0. The number of carbonyl (C=O) groups is 2. The van der Waals surface area contributed by atoms with Crippen LogP contribution in [-0.2, 0) is 16.0 Å². The molecule has 0 bridgehead atoms. The van der Waals surface area contributed by atoms with Gasteiger partial charge in [-0.3, -0.25) is 4.79 Å². The molecule has 1 aliphatic rings. The minimum Gasteiger partial charge on any atom is -0.480 e. The molecule has 1 unspecified atom stereocenters. The van der Waals surface area contributed by atoms with Gasteiger partial charge in [-0.15, -0.1) is 23.5 Å². The van der Waals surface area contributed by atoms with Crippen LogP contribution < -0.4 is 5.32 Å². The van der Waals surface area contributed by atoms with Crippen molar-refractivity contribution in [2.45, 2.75) is 27.5 Å². The molecule has 0 spiro atoms. The van der Waals surface area contributed by atoms with Crippen LogP contribution in [0.15, 0.2) is 64.4 Å². The number of carboxylic acids is 1. The van der Waals surface area contributed by atoms with Crippen molar-refractivity contribution < 1.29 is 14.7 Å². The van der Waals surface area contributed by atoms with Gasteiger partial charge in [-0.2, -0.15) is 0 Å². The van der Waals surface area contributed by atoms with Gasteiger partial charge in [0.1, 0.15) is 6.04 Å². The van der Waals surface area contributed by atoms with Gasteiger partial charge in [-0.1, -0.05) is 42.5 Å². The highest BCUT2D eigenvalue weighted by Gasteiger charge is 2.29. The van der Waals surface area contributed by atoms with E-state index >= 15 is 0 Å². The molecule has 2 atom stereocenters. The molecule has 24 heavy (non-hydrogen) atoms. The molecule has 1 heterocycles. The summed E-state index contributed by atoms with van der Waals surface area (Å²) >= 11 is 3.13. The van der Waals surface area contributed by atoms with Crippen molar-refractivity contribution >= 4 is 35.4 Å². The first kappa shape index (κ1) is 16.9. The molecule has 0 saturated carbocycles. The lowest BCUT2D eigenvalue weighted by atomic mass is 10.1. The zero-order valence-corrected chi connectivity index (χ0v) is 14.5. The molecular formula is C18H17NO3S2. The van der Waals surface area contributed by atoms with E-state index in [1.165, 1.54) is 16.7 Å². The average molecular weight is 359 g/mol. The summed E-state index contributed by atoms with van der Waals surface area (Å²) in [5, 5.41) is 11.8. The van der Waals surface area contributed by atoms with Gasteiger partial charge in [0.05, 0.1) is 5.25 Å². The maximum absolute atomic E-state index is 12.5. The van der Waals surface area contributed by atoms with Gasteiger partial charge in [0.15, 0.2) is 0 Å². The van der Waals surface area contributed by atoms with Gasteiger partial charge in [0, 0.05) is 22.0 Å². The van der Waals surface area contributed by atoms with Crippen LogP contribution in [0.1, 0.15) is 5.56 Å². The van der Waals surface area contributed by atoms with Crippen molar-refractivity contribution in [3.05, 3.63) is 60.2 Å². The Hall–Kier alpha value is -1.92. The highest BCUT2D eigenvalue weighted by molar-refractivity contribution is 8.06. The molecule has 0 saturated heterocycles. The van der Waals surface area contributed by atoms with Crippen molar-refractivity contribution in [1.29, 1.82) is 0 Å². The van der Waals surface area contributed by atoms with Crippen LogP contribution in [0.2, 0.25) is 0 Å². The smallest absolute Gasteiger partial charge is 0.326 e. The first-order valence-electron chi connectivity index (χ1n) is 7.59. The number of carboxylic acid groups (broad SMARTS) is 1. The largest absolute Gasteiger partial charge is 0.480 e. The summed E-state index contributed by atoms with van der Waals surface area (Å²) < 4.78 is 0. The number of hydrogen-bond acceptors (Lipinski definition) is 4. The van der Waals surface area contributed by atoms with E-state index in [1.807, 2.05) is 54.6 Å². The second-order valence-corrected chi connectivity index (χ2v) is 7.76. The third-order valence-corrected chi connectivity index (χ3v) is 6.48. The van der Waals surface area contributed by atoms with E-state index in [0.717, 1.165) is 10.5 Å². The Bertz CT molecular complexity index is 736. The first-order valence-corrected chi connectivity index (χ1v) is 9.45. The number of thioether (sulfide) groups is 2. The van der Waals surface area contributed by atoms with Gasteiger partial charge in [-0.25, -0.2) is 4.79 Å². The Morgan fingerprint density at radius 1 is 1.08 bits per heavy atom. The normalized spacial score (nSPS) is 17.6. The van der Waals surface area contributed by atoms with Crippen LogP contribution in [0.5, 0.6) is 0 Å². The van der Waals surface area contributed by atoms with Crippen LogP contribution in [0.25, 0.3) is 0 Å². The Labute approximate surface area is 149 Å². The van der Waals surface area contributed by atoms with E-state index in [1.54, 1.807) is 11.8 Å². The van der Waals surface area contributed by atoms with E-state index in [0.29, 0.717) is 5.75 Å². The lowest BCUT2D eigenvalue weighted by molar-refractivity contribution is -0.141. The number of rotatable bonds is 5. The maximum atomic E-state index is 12.5. The van der Waals surface area contributed by atoms with Crippen LogP contribution in [0.3, 0.4) is 0 Å². The molecule has 1 amide bonds. The molecule has 4 nitrogen and oxygen atoms in total. The average Bonchev–Trinajstić information content (AvgIpc) is 2.61. The third kappa shape index (κ3) is 4.13. The van der Waals surface area contributed by atoms with E-state index in [2.05, 4.69) is 5.32 Å². The zero-order valence-electron chi connectivity index (χ0n) is 12.8. The van der Waals surface area contributed by atoms with Crippen LogP contribution in [0.4, 0.5) is 0 Å². The predicted molar refractivity (Wildman–Crippen MR) is 96.5 cm³/mol. The number of amides is 1. The minimum absolute atomic E-state index is 0.217. The summed E-state index contributed by atoms with van der Waals surface area (Å²) in [6.07, 6.45) is 0.281. The Kier molecular flexibility index (Phi) is 5.48. The molecule has 3 rings (SSSR count). The van der Waals surface area contributed by atoms with E-state index < -0.39 is 12.0 Å². The maximum Gasteiger partial charge on any atom is 0.326 e. The number of benzene rings is 2. The van der Waals surface area contributed by atoms with Crippen molar-refractivity contribution in [3.63, 3.8) is 0 Å². The molecule has 1 aliphatic heterocycles. The van der Waals surface area contributed by atoms with Crippen LogP contribution in [0, 0.1) is 0 Å². The lowest BCUT2D eigenvalue weighted by Gasteiger charge is -2.24. The summed E-state index contributed by atoms with van der Waals surface area (Å²) in [4.78, 5) is 26.2. The quantitative estimate of drug-likeness (QED) is 0.859. The van der Waals surface area contributed by atoms with Crippen LogP contribution >= 0.6 is 23.5 Å². The second-order valence-electron chi connectivity index (χ2n) is 5.45. The molecular weight excluding hydrogens is 342 g/mol. The second kappa shape index (κ2) is 7.77. The van der Waals surface area contributed by atoms with Crippen molar-refractivity contribution in [2.24, 2.45) is 0 Å². The summed E-state index contributed by atoms with van der Waals surface area (Å²) in [6, 6.07) is 16.4. The first-order chi connectivity index (χ1) is 11.6. The number of fused-ring (bicyclic) bond motifs is 1. The van der Waals surface area contributed by atoms with Crippen molar-refractivity contribution in [3.8, 4) is 0 Å². The highest BCUT2D eigenvalue weighted by atomic mass is 32.2. The van der Waals surface area contributed by atoms with Gasteiger partial charge in [0.2, 0.25) is 5.91 Å². The van der Waals surface area contributed by atoms with Crippen LogP contribution in [-0.4, -0.2) is 34.0 Å². The zero-order chi connectivity index (χ0) is 16.9. The Balaban J connectivity index is 1.65. The molecule has 6 heteroatoms. The fourth-order valence-electron chi connectivity index (χ4n) is 2.46. The van der Waals surface area contributed by atoms with Gasteiger partial charge in [-0.05, 0) is 17.7 Å². The summed E-state index contributed by atoms with van der Waals surface area (Å²) in [5.41, 5.74) is 0.890. The van der Waals surface area contributed by atoms with E-state index in [4.69, 9.17) is 0 Å². The SMILES string of the molecule is O=C(N[C@@H](Cc1ccccc1)C(=O)O)C1CSc2ccccc2S1. The fraction of sp³-hybridized carbons (Fsp3) is 0.222. The number of aliphatic carboxylic acids is 1. The third-order valence-electron chi connectivity index (χ3n) is 3.70. The van der Waals surface area contributed by atoms with Gasteiger partial charge < -0.3 is 10.4 Å². The number of carbonyl (C=O) groups excluding carboxylic acids is 1. The molecule has 0 radical (unpaired) electrons. The molecule has 2 aromatic carbocycles. The van der Waals surface area contributed by atoms with Crippen molar-refractivity contribution in [2.75, 3.05) is 5.75 Å².